The maximum Gasteiger partial charge on any atom is 0.471 e. The molecule has 4 rings (SSSR count). The zero-order valence-corrected chi connectivity index (χ0v) is 23.9. The number of fused-ring (bicyclic) bond motifs is 1. The second kappa shape index (κ2) is 13.0. The molecule has 228 valence electrons. The SMILES string of the molecule is CON=C(C(=O)NC1C(=O)N2C(C(=O)OCc3ccc([N+](=O)[O-])cc3)=C(CCl)CS[C@H]12)c1csc(NC(=O)C(F)(F)F)n1. The Bertz CT molecular complexity index is 1530. The molecule has 20 heteroatoms. The monoisotopic (exact) mass is 662 g/mol. The van der Waals surface area contributed by atoms with Crippen molar-refractivity contribution in [3.8, 4) is 0 Å². The normalized spacial score (nSPS) is 18.4. The Hall–Kier alpha value is -4.23. The van der Waals surface area contributed by atoms with E-state index in [1.54, 1.807) is 5.32 Å². The minimum atomic E-state index is -5.16. The van der Waals surface area contributed by atoms with Crippen LogP contribution in [0.5, 0.6) is 0 Å². The van der Waals surface area contributed by atoms with Crippen LogP contribution in [-0.4, -0.2) is 80.5 Å². The molecule has 0 saturated carbocycles. The van der Waals surface area contributed by atoms with Crippen molar-refractivity contribution in [1.82, 2.24) is 15.2 Å². The fourth-order valence-electron chi connectivity index (χ4n) is 3.82. The summed E-state index contributed by atoms with van der Waals surface area (Å²) in [5, 5.41) is 18.4. The van der Waals surface area contributed by atoms with E-state index in [4.69, 9.17) is 16.3 Å². The zero-order valence-electron chi connectivity index (χ0n) is 21.5. The molecule has 2 aliphatic rings. The fraction of sp³-hybridized carbons (Fsp3) is 0.304. The van der Waals surface area contributed by atoms with E-state index in [2.05, 4.69) is 20.3 Å². The number of amides is 3. The summed E-state index contributed by atoms with van der Waals surface area (Å²) in [6, 6.07) is 4.18. The van der Waals surface area contributed by atoms with Crippen molar-refractivity contribution in [1.29, 1.82) is 0 Å². The Balaban J connectivity index is 1.44. The molecule has 1 fully saturated rings. The number of benzene rings is 1. The fourth-order valence-corrected chi connectivity index (χ4v) is 6.19. The van der Waals surface area contributed by atoms with Crippen LogP contribution < -0.4 is 10.6 Å². The molecule has 0 spiro atoms. The van der Waals surface area contributed by atoms with Gasteiger partial charge >= 0.3 is 18.1 Å². The second-order valence-corrected chi connectivity index (χ2v) is 10.8. The number of nitrogens with one attached hydrogen (secondary N) is 2. The minimum absolute atomic E-state index is 0.0912. The average Bonchev–Trinajstić information content (AvgIpc) is 3.43. The summed E-state index contributed by atoms with van der Waals surface area (Å²) in [6.07, 6.45) is -5.16. The van der Waals surface area contributed by atoms with Gasteiger partial charge in [0, 0.05) is 29.1 Å². The maximum absolute atomic E-state index is 13.1. The highest BCUT2D eigenvalue weighted by molar-refractivity contribution is 8.00. The number of non-ortho nitro benzene ring substituents is 1. The van der Waals surface area contributed by atoms with Gasteiger partial charge in [-0.1, -0.05) is 5.16 Å². The minimum Gasteiger partial charge on any atom is -0.456 e. The number of alkyl halides is 4. The quantitative estimate of drug-likeness (QED) is 0.0958. The summed E-state index contributed by atoms with van der Waals surface area (Å²) in [4.78, 5) is 70.2. The third kappa shape index (κ3) is 6.89. The molecule has 3 amide bonds. The number of thioether (sulfide) groups is 1. The smallest absolute Gasteiger partial charge is 0.456 e. The van der Waals surface area contributed by atoms with Gasteiger partial charge in [-0.15, -0.1) is 34.7 Å². The number of nitro benzene ring substituents is 1. The van der Waals surface area contributed by atoms with Crippen LogP contribution in [0.25, 0.3) is 0 Å². The zero-order chi connectivity index (χ0) is 31.5. The number of nitrogens with zero attached hydrogens (tertiary/aromatic N) is 4. The van der Waals surface area contributed by atoms with E-state index in [1.807, 2.05) is 0 Å². The highest BCUT2D eigenvalue weighted by Crippen LogP contribution is 2.41. The average molecular weight is 663 g/mol. The largest absolute Gasteiger partial charge is 0.471 e. The number of esters is 1. The van der Waals surface area contributed by atoms with Crippen LogP contribution in [0.2, 0.25) is 0 Å². The third-order valence-corrected chi connectivity index (χ3v) is 8.25. The van der Waals surface area contributed by atoms with E-state index in [-0.39, 0.29) is 35.3 Å². The first-order valence-corrected chi connectivity index (χ1v) is 14.2. The number of rotatable bonds is 10. The predicted octanol–water partition coefficient (Wildman–Crippen LogP) is 2.54. The van der Waals surface area contributed by atoms with E-state index in [9.17, 15) is 42.5 Å². The lowest BCUT2D eigenvalue weighted by molar-refractivity contribution is -0.384. The number of nitro groups is 1. The van der Waals surface area contributed by atoms with Crippen molar-refractivity contribution in [3.63, 3.8) is 0 Å². The highest BCUT2D eigenvalue weighted by atomic mass is 35.5. The van der Waals surface area contributed by atoms with Crippen LogP contribution in [0.1, 0.15) is 11.3 Å². The van der Waals surface area contributed by atoms with Gasteiger partial charge in [-0.2, -0.15) is 13.2 Å². The summed E-state index contributed by atoms with van der Waals surface area (Å²) in [6.45, 7) is -0.244. The summed E-state index contributed by atoms with van der Waals surface area (Å²) < 4.78 is 43.0. The molecular formula is C23H18ClF3N6O8S2. The molecule has 0 radical (unpaired) electrons. The Morgan fingerprint density at radius 2 is 1.98 bits per heavy atom. The number of carbonyl (C=O) groups is 4. The highest BCUT2D eigenvalue weighted by Gasteiger charge is 2.54. The second-order valence-electron chi connectivity index (χ2n) is 8.56. The summed E-state index contributed by atoms with van der Waals surface area (Å²) in [5.41, 5.74) is -0.0870. The first kappa shape index (κ1) is 31.7. The molecule has 2 N–H and O–H groups in total. The number of β-lactam (4-membered cyclic amide) rings is 1. The molecule has 0 aliphatic carbocycles. The van der Waals surface area contributed by atoms with Crippen molar-refractivity contribution in [2.75, 3.05) is 24.1 Å². The first-order chi connectivity index (χ1) is 20.3. The summed E-state index contributed by atoms with van der Waals surface area (Å²) in [7, 11) is 1.10. The van der Waals surface area contributed by atoms with Crippen LogP contribution in [0, 0.1) is 10.1 Å². The number of oxime groups is 1. The standard InChI is InChI=1S/C23H18ClF3N6O8S2/c1-40-31-14(13-9-43-22(28-13)30-21(37)23(25,26)27)17(34)29-15-18(35)32-16(11(6-24)8-42-19(15)32)20(36)41-7-10-2-4-12(5-3-10)33(38)39/h2-5,9,15,19H,6-8H2,1H3,(H,29,34)(H,28,30,37)/t15?,19-/m1/s1. The van der Waals surface area contributed by atoms with E-state index >= 15 is 0 Å². The van der Waals surface area contributed by atoms with Crippen LogP contribution in [-0.2, 0) is 35.4 Å². The summed E-state index contributed by atoms with van der Waals surface area (Å²) >= 11 is 7.82. The van der Waals surface area contributed by atoms with Crippen molar-refractivity contribution in [2.24, 2.45) is 5.16 Å². The van der Waals surface area contributed by atoms with Crippen LogP contribution in [0.4, 0.5) is 24.0 Å². The van der Waals surface area contributed by atoms with Crippen molar-refractivity contribution >= 4 is 74.9 Å². The number of hydrogen-bond donors (Lipinski definition) is 2. The number of halogens is 4. The van der Waals surface area contributed by atoms with Crippen LogP contribution in [0.3, 0.4) is 0 Å². The lowest BCUT2D eigenvalue weighted by atomic mass is 10.0. The summed E-state index contributed by atoms with van der Waals surface area (Å²) in [5.74, 6) is -4.64. The van der Waals surface area contributed by atoms with Crippen LogP contribution >= 0.6 is 34.7 Å². The van der Waals surface area contributed by atoms with E-state index in [0.717, 1.165) is 17.4 Å². The number of thiazole rings is 1. The molecule has 0 bridgehead atoms. The van der Waals surface area contributed by atoms with Gasteiger partial charge in [0.25, 0.3) is 17.5 Å². The molecule has 43 heavy (non-hydrogen) atoms. The molecule has 1 unspecified atom stereocenters. The molecular weight excluding hydrogens is 645 g/mol. The molecule has 2 aromatic rings. The molecule has 3 heterocycles. The number of carbonyl (C=O) groups excluding carboxylic acids is 4. The molecule has 2 atom stereocenters. The number of hydrogen-bond acceptors (Lipinski definition) is 12. The van der Waals surface area contributed by atoms with Crippen LogP contribution in [0.15, 0.2) is 46.1 Å². The van der Waals surface area contributed by atoms with Crippen molar-refractivity contribution in [3.05, 3.63) is 62.3 Å². The van der Waals surface area contributed by atoms with Gasteiger partial charge in [-0.25, -0.2) is 9.78 Å². The van der Waals surface area contributed by atoms with Gasteiger partial charge in [-0.3, -0.25) is 34.7 Å². The van der Waals surface area contributed by atoms with Gasteiger partial charge in [-0.05, 0) is 23.3 Å². The van der Waals surface area contributed by atoms with Gasteiger partial charge in [0.15, 0.2) is 10.8 Å². The van der Waals surface area contributed by atoms with Gasteiger partial charge in [0.1, 0.15) is 36.5 Å². The predicted molar refractivity (Wildman–Crippen MR) is 146 cm³/mol. The maximum atomic E-state index is 13.1. The number of aromatic nitrogens is 1. The van der Waals surface area contributed by atoms with Gasteiger partial charge in [0.2, 0.25) is 0 Å². The molecule has 2 aliphatic heterocycles. The van der Waals surface area contributed by atoms with E-state index in [0.29, 0.717) is 22.5 Å². The lowest BCUT2D eigenvalue weighted by Crippen LogP contribution is -2.71. The third-order valence-electron chi connectivity index (χ3n) is 5.83. The van der Waals surface area contributed by atoms with E-state index in [1.165, 1.54) is 36.0 Å². The first-order valence-electron chi connectivity index (χ1n) is 11.7. The number of anilines is 1. The Morgan fingerprint density at radius 1 is 1.28 bits per heavy atom. The Kier molecular flexibility index (Phi) is 9.55. The van der Waals surface area contributed by atoms with Gasteiger partial charge in [0.05, 0.1) is 4.92 Å². The van der Waals surface area contributed by atoms with Gasteiger partial charge < -0.3 is 14.9 Å². The molecule has 14 nitrogen and oxygen atoms in total. The Labute approximate surface area is 252 Å². The molecule has 1 aromatic carbocycles. The molecule has 1 saturated heterocycles. The van der Waals surface area contributed by atoms with E-state index < -0.39 is 57.0 Å². The lowest BCUT2D eigenvalue weighted by Gasteiger charge is -2.49. The Morgan fingerprint density at radius 3 is 2.58 bits per heavy atom. The topological polar surface area (TPSA) is 182 Å². The van der Waals surface area contributed by atoms with Crippen molar-refractivity contribution < 1.29 is 46.8 Å². The van der Waals surface area contributed by atoms with Crippen molar-refractivity contribution in [2.45, 2.75) is 24.2 Å². The number of ether oxygens (including phenoxy) is 1. The molecule has 1 aromatic heterocycles.